The van der Waals surface area contributed by atoms with Crippen molar-refractivity contribution in [2.45, 2.75) is 18.2 Å². The number of nitro groups is 1. The highest BCUT2D eigenvalue weighted by molar-refractivity contribution is 7.89. The summed E-state index contributed by atoms with van der Waals surface area (Å²) in [6.07, 6.45) is -0.178. The minimum absolute atomic E-state index is 0.178. The van der Waals surface area contributed by atoms with E-state index < -0.39 is 37.3 Å². The second-order valence-corrected chi connectivity index (χ2v) is 5.59. The first-order valence-corrected chi connectivity index (χ1v) is 7.35. The lowest BCUT2D eigenvalue weighted by Gasteiger charge is -2.06. The third-order valence-electron chi connectivity index (χ3n) is 2.35. The van der Waals surface area contributed by atoms with E-state index in [1.54, 1.807) is 6.92 Å². The number of halogens is 1. The Labute approximate surface area is 120 Å². The first-order valence-electron chi connectivity index (χ1n) is 5.87. The zero-order valence-corrected chi connectivity index (χ0v) is 11.9. The van der Waals surface area contributed by atoms with Gasteiger partial charge in [-0.3, -0.25) is 14.9 Å². The first-order chi connectivity index (χ1) is 9.77. The molecule has 0 aromatic heterocycles. The van der Waals surface area contributed by atoms with E-state index in [2.05, 4.69) is 9.46 Å². The fraction of sp³-hybridized carbons (Fsp3) is 0.364. The van der Waals surface area contributed by atoms with Gasteiger partial charge in [-0.25, -0.2) is 13.1 Å². The van der Waals surface area contributed by atoms with Crippen LogP contribution in [-0.4, -0.2) is 32.5 Å². The second-order valence-electron chi connectivity index (χ2n) is 3.82. The fourth-order valence-corrected chi connectivity index (χ4v) is 2.45. The Hall–Kier alpha value is -2.07. The molecule has 0 aliphatic heterocycles. The van der Waals surface area contributed by atoms with Gasteiger partial charge in [0.2, 0.25) is 15.8 Å². The molecule has 0 aliphatic rings. The van der Waals surface area contributed by atoms with Gasteiger partial charge in [0.1, 0.15) is 0 Å². The maximum Gasteiger partial charge on any atom is 0.307 e. The zero-order chi connectivity index (χ0) is 16.0. The van der Waals surface area contributed by atoms with Crippen molar-refractivity contribution in [3.05, 3.63) is 34.1 Å². The number of nitrogens with zero attached hydrogens (tertiary/aromatic N) is 1. The first kappa shape index (κ1) is 17.0. The van der Waals surface area contributed by atoms with Crippen LogP contribution in [0.5, 0.6) is 0 Å². The molecule has 0 saturated heterocycles. The molecule has 0 radical (unpaired) electrons. The molecule has 0 aliphatic carbocycles. The number of sulfonamides is 1. The molecule has 1 N–H and O–H groups in total. The Morgan fingerprint density at radius 1 is 1.48 bits per heavy atom. The van der Waals surface area contributed by atoms with Crippen LogP contribution in [-0.2, 0) is 19.6 Å². The Balaban J connectivity index is 2.77. The predicted octanol–water partition coefficient (Wildman–Crippen LogP) is 0.965. The lowest BCUT2D eigenvalue weighted by Crippen LogP contribution is -2.27. The molecule has 1 rings (SSSR count). The molecule has 0 amide bonds. The number of nitro benzene ring substituents is 1. The minimum atomic E-state index is -4.06. The van der Waals surface area contributed by atoms with Gasteiger partial charge in [0.05, 0.1) is 22.8 Å². The molecule has 0 fully saturated rings. The number of ether oxygens (including phenoxy) is 1. The molecule has 0 spiro atoms. The van der Waals surface area contributed by atoms with Gasteiger partial charge < -0.3 is 4.74 Å². The van der Waals surface area contributed by atoms with Crippen molar-refractivity contribution >= 4 is 21.7 Å². The summed E-state index contributed by atoms with van der Waals surface area (Å²) in [5.74, 6) is -1.83. The summed E-state index contributed by atoms with van der Waals surface area (Å²) in [6, 6.07) is 2.22. The number of nitrogens with one attached hydrogen (secondary N) is 1. The average molecular weight is 320 g/mol. The van der Waals surface area contributed by atoms with Crippen LogP contribution in [0.1, 0.15) is 13.3 Å². The van der Waals surface area contributed by atoms with Gasteiger partial charge >= 0.3 is 11.7 Å². The normalized spacial score (nSPS) is 11.1. The van der Waals surface area contributed by atoms with Crippen molar-refractivity contribution in [1.29, 1.82) is 0 Å². The van der Waals surface area contributed by atoms with Gasteiger partial charge in [0.25, 0.3) is 0 Å². The third-order valence-corrected chi connectivity index (χ3v) is 3.81. The summed E-state index contributed by atoms with van der Waals surface area (Å²) in [6.45, 7) is 1.57. The topological polar surface area (TPSA) is 116 Å². The summed E-state index contributed by atoms with van der Waals surface area (Å²) in [4.78, 5) is 20.1. The predicted molar refractivity (Wildman–Crippen MR) is 69.5 cm³/mol. The van der Waals surface area contributed by atoms with Crippen LogP contribution in [0.15, 0.2) is 23.1 Å². The van der Waals surface area contributed by atoms with Crippen LogP contribution < -0.4 is 4.72 Å². The number of hydrogen-bond acceptors (Lipinski definition) is 6. The number of esters is 1. The van der Waals surface area contributed by atoms with Crippen LogP contribution >= 0.6 is 0 Å². The molecule has 116 valence electrons. The maximum atomic E-state index is 13.4. The minimum Gasteiger partial charge on any atom is -0.466 e. The van der Waals surface area contributed by atoms with Crippen LogP contribution in [0.3, 0.4) is 0 Å². The van der Waals surface area contributed by atoms with Crippen molar-refractivity contribution in [2.75, 3.05) is 13.2 Å². The van der Waals surface area contributed by atoms with Crippen LogP contribution in [0.25, 0.3) is 0 Å². The summed E-state index contributed by atoms with van der Waals surface area (Å²) in [7, 11) is -4.06. The number of rotatable bonds is 7. The average Bonchev–Trinajstić information content (AvgIpc) is 2.38. The highest BCUT2D eigenvalue weighted by atomic mass is 32.2. The molecule has 8 nitrogen and oxygen atoms in total. The van der Waals surface area contributed by atoms with Gasteiger partial charge in [0, 0.05) is 18.7 Å². The SMILES string of the molecule is CCOC(=O)CCNS(=O)(=O)c1ccc([N+](=O)[O-])c(F)c1. The fourth-order valence-electron chi connectivity index (χ4n) is 1.41. The smallest absolute Gasteiger partial charge is 0.307 e. The molecule has 0 saturated carbocycles. The van der Waals surface area contributed by atoms with Gasteiger partial charge in [-0.15, -0.1) is 0 Å². The molecule has 21 heavy (non-hydrogen) atoms. The Morgan fingerprint density at radius 3 is 2.67 bits per heavy atom. The van der Waals surface area contributed by atoms with Crippen molar-refractivity contribution in [1.82, 2.24) is 4.72 Å². The number of hydrogen-bond donors (Lipinski definition) is 1. The lowest BCUT2D eigenvalue weighted by atomic mass is 10.3. The Kier molecular flexibility index (Phi) is 5.73. The summed E-state index contributed by atoms with van der Waals surface area (Å²) in [5.41, 5.74) is -0.819. The standard InChI is InChI=1S/C11H13FN2O6S/c1-2-20-11(15)5-6-13-21(18,19)8-3-4-10(14(16)17)9(12)7-8/h3-4,7,13H,2,5-6H2,1H3. The van der Waals surface area contributed by atoms with Crippen molar-refractivity contribution in [3.63, 3.8) is 0 Å². The van der Waals surface area contributed by atoms with Crippen molar-refractivity contribution < 1.29 is 27.3 Å². The largest absolute Gasteiger partial charge is 0.466 e. The monoisotopic (exact) mass is 320 g/mol. The van der Waals surface area contributed by atoms with Gasteiger partial charge in [0.15, 0.2) is 0 Å². The lowest BCUT2D eigenvalue weighted by molar-refractivity contribution is -0.387. The summed E-state index contributed by atoms with van der Waals surface area (Å²) in [5, 5.41) is 10.4. The number of carbonyl (C=O) groups excluding carboxylic acids is 1. The van der Waals surface area contributed by atoms with E-state index in [0.717, 1.165) is 12.1 Å². The summed E-state index contributed by atoms with van der Waals surface area (Å²) >= 11 is 0. The highest BCUT2D eigenvalue weighted by Crippen LogP contribution is 2.20. The maximum absolute atomic E-state index is 13.4. The molecule has 1 aromatic rings. The van der Waals surface area contributed by atoms with Crippen molar-refractivity contribution in [2.24, 2.45) is 0 Å². The van der Waals surface area contributed by atoms with E-state index in [1.165, 1.54) is 0 Å². The number of benzene rings is 1. The third kappa shape index (κ3) is 4.76. The molecule has 10 heteroatoms. The Morgan fingerprint density at radius 2 is 2.14 bits per heavy atom. The highest BCUT2D eigenvalue weighted by Gasteiger charge is 2.20. The van der Waals surface area contributed by atoms with Crippen LogP contribution in [0.2, 0.25) is 0 Å². The molecule has 0 unspecified atom stereocenters. The molecular formula is C11H13FN2O6S. The molecule has 1 aromatic carbocycles. The van der Waals surface area contributed by atoms with Crippen LogP contribution in [0, 0.1) is 15.9 Å². The van der Waals surface area contributed by atoms with Crippen molar-refractivity contribution in [3.8, 4) is 0 Å². The Bertz CT molecular complexity index is 646. The van der Waals surface area contributed by atoms with Gasteiger partial charge in [-0.05, 0) is 13.0 Å². The zero-order valence-electron chi connectivity index (χ0n) is 11.0. The molecule has 0 atom stereocenters. The van der Waals surface area contributed by atoms with Gasteiger partial charge in [-0.2, -0.15) is 4.39 Å². The van der Waals surface area contributed by atoms with E-state index in [9.17, 15) is 27.7 Å². The van der Waals surface area contributed by atoms with E-state index >= 15 is 0 Å². The summed E-state index contributed by atoms with van der Waals surface area (Å²) < 4.78 is 43.7. The van der Waals surface area contributed by atoms with Crippen LogP contribution in [0.4, 0.5) is 10.1 Å². The quantitative estimate of drug-likeness (QED) is 0.454. The molecule has 0 heterocycles. The molecular weight excluding hydrogens is 307 g/mol. The van der Waals surface area contributed by atoms with E-state index in [0.29, 0.717) is 6.07 Å². The van der Waals surface area contributed by atoms with E-state index in [1.807, 2.05) is 0 Å². The number of carbonyl (C=O) groups is 1. The molecule has 0 bridgehead atoms. The second kappa shape index (κ2) is 7.09. The van der Waals surface area contributed by atoms with E-state index in [-0.39, 0.29) is 19.6 Å². The van der Waals surface area contributed by atoms with Gasteiger partial charge in [-0.1, -0.05) is 0 Å². The van der Waals surface area contributed by atoms with E-state index in [4.69, 9.17) is 0 Å².